The Hall–Kier alpha value is -0.120. The molecule has 0 aliphatic carbocycles. The van der Waals surface area contributed by atoms with Gasteiger partial charge in [0.25, 0.3) is 0 Å². The number of hydrogen-bond acceptors (Lipinski definition) is 3. The third-order valence-electron chi connectivity index (χ3n) is 4.35. The Labute approximate surface area is 99.5 Å². The first-order valence-corrected chi connectivity index (χ1v) is 6.62. The molecule has 0 aromatic rings. The average Bonchev–Trinajstić information content (AvgIpc) is 2.25. The zero-order chi connectivity index (χ0) is 11.6. The highest BCUT2D eigenvalue weighted by Crippen LogP contribution is 2.40. The van der Waals surface area contributed by atoms with Gasteiger partial charge in [-0.25, -0.2) is 0 Å². The van der Waals surface area contributed by atoms with Crippen molar-refractivity contribution in [1.82, 2.24) is 10.2 Å². The van der Waals surface area contributed by atoms with E-state index in [1.54, 1.807) is 0 Å². The van der Waals surface area contributed by atoms with Gasteiger partial charge in [-0.3, -0.25) is 4.90 Å². The lowest BCUT2D eigenvalue weighted by Gasteiger charge is -2.50. The average molecular weight is 226 g/mol. The van der Waals surface area contributed by atoms with E-state index < -0.39 is 0 Å². The molecule has 0 radical (unpaired) electrons. The summed E-state index contributed by atoms with van der Waals surface area (Å²) in [6, 6.07) is 0. The van der Waals surface area contributed by atoms with Gasteiger partial charge < -0.3 is 10.1 Å². The van der Waals surface area contributed by atoms with Gasteiger partial charge in [0.1, 0.15) is 0 Å². The maximum Gasteiger partial charge on any atom is 0.0545 e. The van der Waals surface area contributed by atoms with Crippen molar-refractivity contribution in [3.63, 3.8) is 0 Å². The van der Waals surface area contributed by atoms with E-state index in [-0.39, 0.29) is 0 Å². The molecule has 0 saturated carbocycles. The molecule has 0 amide bonds. The van der Waals surface area contributed by atoms with E-state index in [2.05, 4.69) is 31.0 Å². The fraction of sp³-hybridized carbons (Fsp3) is 1.00. The van der Waals surface area contributed by atoms with E-state index in [1.807, 2.05) is 0 Å². The molecule has 2 saturated heterocycles. The van der Waals surface area contributed by atoms with Gasteiger partial charge in [0.05, 0.1) is 13.2 Å². The molecule has 3 nitrogen and oxygen atoms in total. The lowest BCUT2D eigenvalue weighted by Crippen LogP contribution is -2.57. The van der Waals surface area contributed by atoms with Gasteiger partial charge in [0.15, 0.2) is 0 Å². The Bertz CT molecular complexity index is 225. The molecule has 0 atom stereocenters. The van der Waals surface area contributed by atoms with Crippen LogP contribution >= 0.6 is 0 Å². The fourth-order valence-electron chi connectivity index (χ4n) is 3.12. The summed E-state index contributed by atoms with van der Waals surface area (Å²) in [4.78, 5) is 2.64. The van der Waals surface area contributed by atoms with Crippen LogP contribution in [0.2, 0.25) is 0 Å². The van der Waals surface area contributed by atoms with E-state index in [4.69, 9.17) is 4.74 Å². The number of nitrogens with one attached hydrogen (secondary N) is 1. The molecule has 2 rings (SSSR count). The maximum atomic E-state index is 5.43. The van der Waals surface area contributed by atoms with Crippen molar-refractivity contribution in [2.75, 3.05) is 39.4 Å². The van der Waals surface area contributed by atoms with Crippen LogP contribution in [0.1, 0.15) is 33.6 Å². The van der Waals surface area contributed by atoms with Crippen LogP contribution < -0.4 is 5.32 Å². The second-order valence-electron chi connectivity index (χ2n) is 6.07. The Morgan fingerprint density at radius 3 is 2.31 bits per heavy atom. The predicted octanol–water partition coefficient (Wildman–Crippen LogP) is 1.49. The van der Waals surface area contributed by atoms with Gasteiger partial charge in [-0.05, 0) is 26.7 Å². The fourth-order valence-corrected chi connectivity index (χ4v) is 3.12. The number of rotatable bonds is 4. The summed E-state index contributed by atoms with van der Waals surface area (Å²) in [5.41, 5.74) is 0.788. The Morgan fingerprint density at radius 2 is 1.88 bits per heavy atom. The molecule has 3 heteroatoms. The molecule has 0 aromatic carbocycles. The topological polar surface area (TPSA) is 24.5 Å². The van der Waals surface area contributed by atoms with Crippen molar-refractivity contribution in [2.45, 2.75) is 39.2 Å². The lowest BCUT2D eigenvalue weighted by atomic mass is 9.73. The molecule has 1 N–H and O–H groups in total. The molecule has 0 bridgehead atoms. The van der Waals surface area contributed by atoms with E-state index >= 15 is 0 Å². The molecule has 2 aliphatic rings. The molecule has 0 aromatic heterocycles. The highest BCUT2D eigenvalue weighted by molar-refractivity contribution is 4.95. The molecular weight excluding hydrogens is 200 g/mol. The first kappa shape index (κ1) is 12.3. The second kappa shape index (κ2) is 4.63. The van der Waals surface area contributed by atoms with Crippen molar-refractivity contribution in [3.8, 4) is 0 Å². The van der Waals surface area contributed by atoms with Crippen LogP contribution in [0.25, 0.3) is 0 Å². The highest BCUT2D eigenvalue weighted by atomic mass is 16.5. The van der Waals surface area contributed by atoms with Gasteiger partial charge in [0, 0.05) is 37.1 Å². The van der Waals surface area contributed by atoms with Crippen LogP contribution in [0.3, 0.4) is 0 Å². The third kappa shape index (κ3) is 2.41. The standard InChI is InChI=1S/C13H26N2O/c1-4-13(10-16-11-13)9-12(2,3)15-7-5-14-6-8-15/h14H,4-11H2,1-3H3. The first-order valence-electron chi connectivity index (χ1n) is 6.62. The molecule has 94 valence electrons. The Balaban J connectivity index is 1.95. The van der Waals surface area contributed by atoms with Crippen molar-refractivity contribution in [2.24, 2.45) is 5.41 Å². The zero-order valence-corrected chi connectivity index (χ0v) is 11.0. The van der Waals surface area contributed by atoms with Crippen LogP contribution in [0.15, 0.2) is 0 Å². The monoisotopic (exact) mass is 226 g/mol. The van der Waals surface area contributed by atoms with Gasteiger partial charge in [0.2, 0.25) is 0 Å². The minimum atomic E-state index is 0.321. The normalized spacial score (nSPS) is 26.4. The minimum Gasteiger partial charge on any atom is -0.380 e. The number of hydrogen-bond donors (Lipinski definition) is 1. The van der Waals surface area contributed by atoms with Gasteiger partial charge in [-0.2, -0.15) is 0 Å². The number of nitrogens with zero attached hydrogens (tertiary/aromatic N) is 1. The van der Waals surface area contributed by atoms with Crippen LogP contribution in [0.4, 0.5) is 0 Å². The summed E-state index contributed by atoms with van der Waals surface area (Å²) < 4.78 is 5.43. The quantitative estimate of drug-likeness (QED) is 0.786. The summed E-state index contributed by atoms with van der Waals surface area (Å²) in [6.07, 6.45) is 2.53. The van der Waals surface area contributed by atoms with Crippen LogP contribution in [0.5, 0.6) is 0 Å². The van der Waals surface area contributed by atoms with Crippen LogP contribution in [-0.4, -0.2) is 49.8 Å². The van der Waals surface area contributed by atoms with E-state index in [0.29, 0.717) is 11.0 Å². The Morgan fingerprint density at radius 1 is 1.25 bits per heavy atom. The van der Waals surface area contributed by atoms with E-state index in [1.165, 1.54) is 25.9 Å². The molecule has 0 unspecified atom stereocenters. The zero-order valence-electron chi connectivity index (χ0n) is 11.0. The van der Waals surface area contributed by atoms with Gasteiger partial charge in [-0.15, -0.1) is 0 Å². The summed E-state index contributed by atoms with van der Waals surface area (Å²) in [5, 5.41) is 3.43. The predicted molar refractivity (Wildman–Crippen MR) is 66.7 cm³/mol. The van der Waals surface area contributed by atoms with Crippen LogP contribution in [0, 0.1) is 5.41 Å². The molecule has 2 aliphatic heterocycles. The third-order valence-corrected chi connectivity index (χ3v) is 4.35. The summed E-state index contributed by atoms with van der Waals surface area (Å²) >= 11 is 0. The van der Waals surface area contributed by atoms with E-state index in [9.17, 15) is 0 Å². The summed E-state index contributed by atoms with van der Waals surface area (Å²) in [6.45, 7) is 13.7. The summed E-state index contributed by atoms with van der Waals surface area (Å²) in [7, 11) is 0. The molecule has 0 spiro atoms. The second-order valence-corrected chi connectivity index (χ2v) is 6.07. The van der Waals surface area contributed by atoms with Crippen molar-refractivity contribution in [1.29, 1.82) is 0 Å². The van der Waals surface area contributed by atoms with Gasteiger partial charge >= 0.3 is 0 Å². The van der Waals surface area contributed by atoms with E-state index in [0.717, 1.165) is 26.3 Å². The largest absolute Gasteiger partial charge is 0.380 e. The Kier molecular flexibility index (Phi) is 3.57. The SMILES string of the molecule is CCC1(CC(C)(C)N2CCNCC2)COC1. The number of piperazine rings is 1. The molecule has 2 heterocycles. The van der Waals surface area contributed by atoms with Crippen molar-refractivity contribution >= 4 is 0 Å². The molecule has 2 fully saturated rings. The van der Waals surface area contributed by atoms with Crippen LogP contribution in [-0.2, 0) is 4.74 Å². The van der Waals surface area contributed by atoms with Crippen molar-refractivity contribution < 1.29 is 4.74 Å². The smallest absolute Gasteiger partial charge is 0.0545 e. The molecule has 16 heavy (non-hydrogen) atoms. The maximum absolute atomic E-state index is 5.43. The molecular formula is C13H26N2O. The highest BCUT2D eigenvalue weighted by Gasteiger charge is 2.43. The lowest BCUT2D eigenvalue weighted by molar-refractivity contribution is -0.139. The first-order chi connectivity index (χ1) is 7.58. The minimum absolute atomic E-state index is 0.321. The number of ether oxygens (including phenoxy) is 1. The summed E-state index contributed by atoms with van der Waals surface area (Å²) in [5.74, 6) is 0. The van der Waals surface area contributed by atoms with Gasteiger partial charge in [-0.1, -0.05) is 6.92 Å². The van der Waals surface area contributed by atoms with Crippen molar-refractivity contribution in [3.05, 3.63) is 0 Å².